The van der Waals surface area contributed by atoms with Crippen LogP contribution in [-0.4, -0.2) is 23.7 Å². The van der Waals surface area contributed by atoms with E-state index in [4.69, 9.17) is 5.73 Å². The molecule has 0 unspecified atom stereocenters. The molecule has 0 atom stereocenters. The van der Waals surface area contributed by atoms with Crippen LogP contribution in [0.5, 0.6) is 0 Å². The minimum absolute atomic E-state index is 0.109. The highest BCUT2D eigenvalue weighted by atomic mass is 19.1. The number of ketones is 1. The highest BCUT2D eigenvalue weighted by Crippen LogP contribution is 2.22. The largest absolute Gasteiger partial charge is 0.398 e. The Morgan fingerprint density at radius 3 is 2.30 bits per heavy atom. The summed E-state index contributed by atoms with van der Waals surface area (Å²) in [6.45, 7) is 0.592. The van der Waals surface area contributed by atoms with E-state index in [1.807, 2.05) is 0 Å². The van der Waals surface area contributed by atoms with Gasteiger partial charge in [-0.15, -0.1) is 0 Å². The predicted octanol–water partition coefficient (Wildman–Crippen LogP) is 3.52. The molecule has 7 nitrogen and oxygen atoms in total. The Balaban J connectivity index is 0.000000232. The Morgan fingerprint density at radius 2 is 1.73 bits per heavy atom. The number of nitrogens with one attached hydrogen (secondary N) is 1. The number of halogens is 1. The van der Waals surface area contributed by atoms with Crippen LogP contribution >= 0.6 is 0 Å². The number of hydrogen-bond acceptors (Lipinski definition) is 5. The molecule has 0 saturated heterocycles. The van der Waals surface area contributed by atoms with Gasteiger partial charge in [-0.3, -0.25) is 19.7 Å². The van der Waals surface area contributed by atoms with Crippen molar-refractivity contribution in [2.24, 2.45) is 0 Å². The van der Waals surface area contributed by atoms with E-state index in [1.165, 1.54) is 30.3 Å². The second kappa shape index (κ2) is 11.1. The van der Waals surface area contributed by atoms with Crippen molar-refractivity contribution in [1.82, 2.24) is 5.32 Å². The van der Waals surface area contributed by atoms with Gasteiger partial charge in [0.25, 0.3) is 5.69 Å². The maximum atomic E-state index is 12.4. The van der Waals surface area contributed by atoms with Crippen LogP contribution < -0.4 is 11.1 Å². The van der Waals surface area contributed by atoms with Crippen molar-refractivity contribution < 1.29 is 18.9 Å². The number of carbonyl (C=O) groups excluding carboxylic acids is 2. The maximum absolute atomic E-state index is 12.4. The third kappa shape index (κ3) is 6.52. The van der Waals surface area contributed by atoms with Crippen LogP contribution in [0.3, 0.4) is 0 Å². The summed E-state index contributed by atoms with van der Waals surface area (Å²) in [5.74, 6) is -0.481. The smallest absolute Gasteiger partial charge is 0.271 e. The van der Waals surface area contributed by atoms with Gasteiger partial charge in [0.05, 0.1) is 4.92 Å². The van der Waals surface area contributed by atoms with Crippen LogP contribution in [0.15, 0.2) is 72.8 Å². The molecule has 3 aromatic carbocycles. The van der Waals surface area contributed by atoms with Gasteiger partial charge in [0.15, 0.2) is 5.78 Å². The normalized spacial score (nSPS) is 9.77. The fourth-order valence-electron chi connectivity index (χ4n) is 2.54. The molecule has 0 aromatic heterocycles. The van der Waals surface area contributed by atoms with Gasteiger partial charge in [-0.1, -0.05) is 42.5 Å². The number of rotatable bonds is 7. The molecule has 0 saturated carbocycles. The molecule has 0 aliphatic carbocycles. The molecule has 3 aromatic rings. The number of nitrogens with zero attached hydrogens (tertiary/aromatic N) is 1. The lowest BCUT2D eigenvalue weighted by molar-refractivity contribution is -0.384. The van der Waals surface area contributed by atoms with E-state index in [-0.39, 0.29) is 28.5 Å². The predicted molar refractivity (Wildman–Crippen MR) is 112 cm³/mol. The Hall–Kier alpha value is -4.07. The fraction of sp³-hybridized carbons (Fsp3) is 0.0909. The number of anilines is 1. The minimum Gasteiger partial charge on any atom is -0.398 e. The number of hydrogen-bond donors (Lipinski definition) is 2. The molecular weight excluding hydrogens is 389 g/mol. The SMILES string of the molecule is Nc1cc([N+](=O)[O-])ccc1C(=O)c1ccccc1.O=CNCCc1ccc(F)cc1. The number of nitro groups is 1. The summed E-state index contributed by atoms with van der Waals surface area (Å²) < 4.78 is 12.4. The summed E-state index contributed by atoms with van der Waals surface area (Å²) >= 11 is 0. The highest BCUT2D eigenvalue weighted by molar-refractivity contribution is 6.12. The third-order valence-corrected chi connectivity index (χ3v) is 4.08. The summed E-state index contributed by atoms with van der Waals surface area (Å²) in [6.07, 6.45) is 1.39. The quantitative estimate of drug-likeness (QED) is 0.155. The number of nitrogen functional groups attached to an aromatic ring is 1. The van der Waals surface area contributed by atoms with Gasteiger partial charge in [0.1, 0.15) is 5.82 Å². The molecule has 1 amide bonds. The van der Waals surface area contributed by atoms with E-state index in [0.717, 1.165) is 12.0 Å². The molecule has 0 radical (unpaired) electrons. The summed E-state index contributed by atoms with van der Waals surface area (Å²) in [4.78, 5) is 32.0. The van der Waals surface area contributed by atoms with Gasteiger partial charge in [-0.2, -0.15) is 0 Å². The second-order valence-electron chi connectivity index (χ2n) is 6.17. The van der Waals surface area contributed by atoms with E-state index < -0.39 is 4.92 Å². The van der Waals surface area contributed by atoms with E-state index in [0.29, 0.717) is 18.5 Å². The van der Waals surface area contributed by atoms with Crippen molar-refractivity contribution in [3.05, 3.63) is 105 Å². The average Bonchev–Trinajstić information content (AvgIpc) is 2.76. The number of benzene rings is 3. The van der Waals surface area contributed by atoms with Crippen LogP contribution in [0.2, 0.25) is 0 Å². The second-order valence-corrected chi connectivity index (χ2v) is 6.17. The Morgan fingerprint density at radius 1 is 1.07 bits per heavy atom. The zero-order valence-corrected chi connectivity index (χ0v) is 16.0. The number of nitro benzene ring substituents is 1. The average molecular weight is 409 g/mol. The Kier molecular flexibility index (Phi) is 8.19. The lowest BCUT2D eigenvalue weighted by Crippen LogP contribution is -2.14. The van der Waals surface area contributed by atoms with Crippen LogP contribution in [0.25, 0.3) is 0 Å². The summed E-state index contributed by atoms with van der Waals surface area (Å²) in [7, 11) is 0. The summed E-state index contributed by atoms with van der Waals surface area (Å²) in [5.41, 5.74) is 7.44. The molecule has 3 rings (SSSR count). The minimum atomic E-state index is -0.548. The van der Waals surface area contributed by atoms with Crippen molar-refractivity contribution in [2.45, 2.75) is 6.42 Å². The molecule has 30 heavy (non-hydrogen) atoms. The van der Waals surface area contributed by atoms with Crippen molar-refractivity contribution in [3.63, 3.8) is 0 Å². The van der Waals surface area contributed by atoms with Crippen molar-refractivity contribution in [1.29, 1.82) is 0 Å². The van der Waals surface area contributed by atoms with E-state index in [9.17, 15) is 24.1 Å². The first-order chi connectivity index (χ1) is 14.4. The summed E-state index contributed by atoms with van der Waals surface area (Å²) in [5, 5.41) is 13.1. The molecule has 0 fully saturated rings. The monoisotopic (exact) mass is 409 g/mol. The van der Waals surface area contributed by atoms with E-state index in [2.05, 4.69) is 5.32 Å². The number of nitrogens with two attached hydrogens (primary N) is 1. The number of non-ortho nitro benzene ring substituents is 1. The van der Waals surface area contributed by atoms with Crippen LogP contribution in [-0.2, 0) is 11.2 Å². The van der Waals surface area contributed by atoms with Gasteiger partial charge in [-0.25, -0.2) is 4.39 Å². The molecule has 0 aliphatic rings. The van der Waals surface area contributed by atoms with Gasteiger partial charge >= 0.3 is 0 Å². The van der Waals surface area contributed by atoms with Crippen molar-refractivity contribution >= 4 is 23.6 Å². The van der Waals surface area contributed by atoms with E-state index >= 15 is 0 Å². The van der Waals surface area contributed by atoms with Gasteiger partial charge in [0, 0.05) is 35.5 Å². The molecule has 154 valence electrons. The fourth-order valence-corrected chi connectivity index (χ4v) is 2.54. The van der Waals surface area contributed by atoms with Crippen molar-refractivity contribution in [2.75, 3.05) is 12.3 Å². The van der Waals surface area contributed by atoms with Crippen molar-refractivity contribution in [3.8, 4) is 0 Å². The first kappa shape index (κ1) is 22.2. The molecule has 0 aliphatic heterocycles. The molecular formula is C22H20FN3O4. The topological polar surface area (TPSA) is 115 Å². The first-order valence-electron chi connectivity index (χ1n) is 8.97. The van der Waals surface area contributed by atoms with Crippen LogP contribution in [0.1, 0.15) is 21.5 Å². The Labute approximate surface area is 172 Å². The zero-order chi connectivity index (χ0) is 21.9. The molecule has 0 spiro atoms. The lowest BCUT2D eigenvalue weighted by Gasteiger charge is -2.04. The molecule has 0 bridgehead atoms. The molecule has 0 heterocycles. The number of carbonyl (C=O) groups is 2. The first-order valence-corrected chi connectivity index (χ1v) is 8.97. The molecule has 8 heteroatoms. The summed E-state index contributed by atoms with van der Waals surface area (Å²) in [6, 6.07) is 18.7. The number of amides is 1. The van der Waals surface area contributed by atoms with Gasteiger partial charge in [-0.05, 0) is 30.2 Å². The lowest BCUT2D eigenvalue weighted by atomic mass is 10.0. The Bertz CT molecular complexity index is 1010. The zero-order valence-electron chi connectivity index (χ0n) is 16.0. The van der Waals surface area contributed by atoms with Crippen LogP contribution in [0, 0.1) is 15.9 Å². The highest BCUT2D eigenvalue weighted by Gasteiger charge is 2.15. The van der Waals surface area contributed by atoms with Gasteiger partial charge < -0.3 is 11.1 Å². The van der Waals surface area contributed by atoms with Crippen LogP contribution in [0.4, 0.5) is 15.8 Å². The third-order valence-electron chi connectivity index (χ3n) is 4.08. The van der Waals surface area contributed by atoms with E-state index in [1.54, 1.807) is 42.5 Å². The standard InChI is InChI=1S/C13H10N2O3.C9H10FNO/c14-12-8-10(15(17)18)6-7-11(12)13(16)9-4-2-1-3-5-9;10-9-3-1-8(2-4-9)5-6-11-7-12/h1-8H,14H2;1-4,7H,5-6H2,(H,11,12). The maximum Gasteiger partial charge on any atom is 0.271 e. The molecule has 3 N–H and O–H groups in total. The van der Waals surface area contributed by atoms with Gasteiger partial charge in [0.2, 0.25) is 6.41 Å².